The largest absolute Gasteiger partial charge is 0.370 e. The summed E-state index contributed by atoms with van der Waals surface area (Å²) >= 11 is 0. The van der Waals surface area contributed by atoms with Gasteiger partial charge >= 0.3 is 0 Å². The van der Waals surface area contributed by atoms with Crippen molar-refractivity contribution in [3.63, 3.8) is 0 Å². The van der Waals surface area contributed by atoms with Gasteiger partial charge in [-0.1, -0.05) is 32.8 Å². The van der Waals surface area contributed by atoms with Gasteiger partial charge in [-0.15, -0.1) is 0 Å². The van der Waals surface area contributed by atoms with Crippen LogP contribution in [0.25, 0.3) is 0 Å². The van der Waals surface area contributed by atoms with E-state index in [4.69, 9.17) is 4.98 Å². The molecule has 0 aliphatic carbocycles. The van der Waals surface area contributed by atoms with Gasteiger partial charge in [0.1, 0.15) is 5.82 Å². The molecule has 1 saturated heterocycles. The Bertz CT molecular complexity index is 405. The zero-order chi connectivity index (χ0) is 14.9. The van der Waals surface area contributed by atoms with Crippen LogP contribution in [0, 0.1) is 5.92 Å². The van der Waals surface area contributed by atoms with E-state index in [-0.39, 0.29) is 0 Å². The summed E-state index contributed by atoms with van der Waals surface area (Å²) < 4.78 is 0. The Kier molecular flexibility index (Phi) is 7.01. The van der Waals surface area contributed by atoms with Gasteiger partial charge in [0.05, 0.1) is 5.69 Å². The van der Waals surface area contributed by atoms with Gasteiger partial charge in [-0.2, -0.15) is 0 Å². The van der Waals surface area contributed by atoms with Gasteiger partial charge in [0.2, 0.25) is 0 Å². The van der Waals surface area contributed by atoms with Crippen molar-refractivity contribution in [3.8, 4) is 0 Å². The molecule has 1 fully saturated rings. The molecule has 0 spiro atoms. The first kappa shape index (κ1) is 16.3. The standard InChI is InChI=1S/C18H31N3/c1-3-7-16-8-6-13-21(14-11-16)15-17-9-5-10-18(20-17)19-12-4-2/h5,9-10,16H,3-4,6-8,11-15H2,1-2H3,(H,19,20). The highest BCUT2D eigenvalue weighted by molar-refractivity contribution is 5.35. The lowest BCUT2D eigenvalue weighted by molar-refractivity contribution is 0.268. The monoisotopic (exact) mass is 289 g/mol. The van der Waals surface area contributed by atoms with Crippen LogP contribution in [0.1, 0.15) is 58.1 Å². The first-order chi connectivity index (χ1) is 10.3. The van der Waals surface area contributed by atoms with Crippen LogP contribution in [-0.2, 0) is 6.54 Å². The highest BCUT2D eigenvalue weighted by atomic mass is 15.1. The van der Waals surface area contributed by atoms with Crippen molar-refractivity contribution in [2.24, 2.45) is 5.92 Å². The predicted octanol–water partition coefficient (Wildman–Crippen LogP) is 4.31. The number of anilines is 1. The fraction of sp³-hybridized carbons (Fsp3) is 0.722. The first-order valence-electron chi connectivity index (χ1n) is 8.74. The summed E-state index contributed by atoms with van der Waals surface area (Å²) in [6.07, 6.45) is 7.99. The molecular formula is C18H31N3. The Morgan fingerprint density at radius 2 is 2.10 bits per heavy atom. The molecular weight excluding hydrogens is 258 g/mol. The van der Waals surface area contributed by atoms with Crippen LogP contribution in [0.5, 0.6) is 0 Å². The molecule has 0 aromatic carbocycles. The third-order valence-corrected chi connectivity index (χ3v) is 4.39. The molecule has 1 aromatic rings. The Labute approximate surface area is 130 Å². The second kappa shape index (κ2) is 9.04. The molecule has 1 atom stereocenters. The van der Waals surface area contributed by atoms with Crippen molar-refractivity contribution in [1.29, 1.82) is 0 Å². The topological polar surface area (TPSA) is 28.2 Å². The molecule has 3 heteroatoms. The van der Waals surface area contributed by atoms with Crippen molar-refractivity contribution in [2.45, 2.75) is 58.9 Å². The minimum absolute atomic E-state index is 0.950. The minimum Gasteiger partial charge on any atom is -0.370 e. The maximum atomic E-state index is 4.74. The van der Waals surface area contributed by atoms with Gasteiger partial charge in [-0.25, -0.2) is 4.98 Å². The molecule has 1 aliphatic heterocycles. The van der Waals surface area contributed by atoms with E-state index < -0.39 is 0 Å². The van der Waals surface area contributed by atoms with Gasteiger partial charge < -0.3 is 5.32 Å². The van der Waals surface area contributed by atoms with Crippen LogP contribution in [0.2, 0.25) is 0 Å². The van der Waals surface area contributed by atoms with Gasteiger partial charge in [-0.05, 0) is 56.8 Å². The van der Waals surface area contributed by atoms with E-state index in [0.717, 1.165) is 31.2 Å². The fourth-order valence-electron chi connectivity index (χ4n) is 3.23. The highest BCUT2D eigenvalue weighted by Gasteiger charge is 2.16. The zero-order valence-corrected chi connectivity index (χ0v) is 13.8. The molecule has 2 heterocycles. The van der Waals surface area contributed by atoms with Crippen LogP contribution in [0.3, 0.4) is 0 Å². The molecule has 1 aromatic heterocycles. The van der Waals surface area contributed by atoms with Crippen molar-refractivity contribution in [3.05, 3.63) is 23.9 Å². The van der Waals surface area contributed by atoms with Crippen LogP contribution < -0.4 is 5.32 Å². The number of rotatable bonds is 7. The number of hydrogen-bond acceptors (Lipinski definition) is 3. The highest BCUT2D eigenvalue weighted by Crippen LogP contribution is 2.22. The second-order valence-corrected chi connectivity index (χ2v) is 6.30. The van der Waals surface area contributed by atoms with E-state index in [1.165, 1.54) is 50.9 Å². The van der Waals surface area contributed by atoms with E-state index in [9.17, 15) is 0 Å². The van der Waals surface area contributed by atoms with Gasteiger partial charge in [0.15, 0.2) is 0 Å². The number of likely N-dealkylation sites (tertiary alicyclic amines) is 1. The summed E-state index contributed by atoms with van der Waals surface area (Å²) in [6, 6.07) is 6.35. The zero-order valence-electron chi connectivity index (χ0n) is 13.8. The second-order valence-electron chi connectivity index (χ2n) is 6.30. The maximum absolute atomic E-state index is 4.74. The molecule has 1 aliphatic rings. The van der Waals surface area contributed by atoms with Gasteiger partial charge in [0.25, 0.3) is 0 Å². The average molecular weight is 289 g/mol. The van der Waals surface area contributed by atoms with Crippen molar-refractivity contribution < 1.29 is 0 Å². The Morgan fingerprint density at radius 3 is 2.90 bits per heavy atom. The molecule has 0 amide bonds. The number of pyridine rings is 1. The first-order valence-corrected chi connectivity index (χ1v) is 8.74. The molecule has 0 bridgehead atoms. The number of hydrogen-bond donors (Lipinski definition) is 1. The van der Waals surface area contributed by atoms with Crippen LogP contribution in [0.4, 0.5) is 5.82 Å². The molecule has 1 unspecified atom stereocenters. The van der Waals surface area contributed by atoms with Crippen molar-refractivity contribution >= 4 is 5.82 Å². The fourth-order valence-corrected chi connectivity index (χ4v) is 3.23. The SMILES string of the molecule is CCCNc1cccc(CN2CCCC(CCC)CC2)n1. The summed E-state index contributed by atoms with van der Waals surface area (Å²) in [5.41, 5.74) is 1.20. The van der Waals surface area contributed by atoms with E-state index in [0.29, 0.717) is 0 Å². The molecule has 3 nitrogen and oxygen atoms in total. The maximum Gasteiger partial charge on any atom is 0.126 e. The van der Waals surface area contributed by atoms with Crippen LogP contribution in [0.15, 0.2) is 18.2 Å². The third kappa shape index (κ3) is 5.66. The quantitative estimate of drug-likeness (QED) is 0.811. The number of aromatic nitrogens is 1. The van der Waals surface area contributed by atoms with Crippen LogP contribution in [-0.4, -0.2) is 29.5 Å². The summed E-state index contributed by atoms with van der Waals surface area (Å²) in [4.78, 5) is 7.32. The number of nitrogens with one attached hydrogen (secondary N) is 1. The van der Waals surface area contributed by atoms with Crippen LogP contribution >= 0.6 is 0 Å². The van der Waals surface area contributed by atoms with E-state index >= 15 is 0 Å². The average Bonchev–Trinajstić information content (AvgIpc) is 2.72. The third-order valence-electron chi connectivity index (χ3n) is 4.39. The molecule has 0 radical (unpaired) electrons. The van der Waals surface area contributed by atoms with E-state index in [2.05, 4.69) is 42.3 Å². The molecule has 1 N–H and O–H groups in total. The van der Waals surface area contributed by atoms with Crippen molar-refractivity contribution in [1.82, 2.24) is 9.88 Å². The normalized spacial score (nSPS) is 20.2. The Balaban J connectivity index is 1.86. The lowest BCUT2D eigenvalue weighted by atomic mass is 9.96. The smallest absolute Gasteiger partial charge is 0.126 e. The Morgan fingerprint density at radius 1 is 1.19 bits per heavy atom. The summed E-state index contributed by atoms with van der Waals surface area (Å²) in [6.45, 7) is 8.95. The lowest BCUT2D eigenvalue weighted by Crippen LogP contribution is -2.25. The Hall–Kier alpha value is -1.09. The lowest BCUT2D eigenvalue weighted by Gasteiger charge is -2.20. The molecule has 118 valence electrons. The minimum atomic E-state index is 0.950. The molecule has 2 rings (SSSR count). The van der Waals surface area contributed by atoms with Crippen molar-refractivity contribution in [2.75, 3.05) is 25.0 Å². The number of nitrogens with zero attached hydrogens (tertiary/aromatic N) is 2. The summed E-state index contributed by atoms with van der Waals surface area (Å²) in [5, 5.41) is 3.38. The molecule has 21 heavy (non-hydrogen) atoms. The van der Waals surface area contributed by atoms with E-state index in [1.807, 2.05) is 0 Å². The van der Waals surface area contributed by atoms with Gasteiger partial charge in [0, 0.05) is 13.1 Å². The summed E-state index contributed by atoms with van der Waals surface area (Å²) in [5.74, 6) is 1.97. The van der Waals surface area contributed by atoms with E-state index in [1.54, 1.807) is 0 Å². The summed E-state index contributed by atoms with van der Waals surface area (Å²) in [7, 11) is 0. The molecule has 0 saturated carbocycles. The van der Waals surface area contributed by atoms with Gasteiger partial charge in [-0.3, -0.25) is 4.90 Å². The predicted molar refractivity (Wildman–Crippen MR) is 90.5 cm³/mol.